The molecule has 19 heavy (non-hydrogen) atoms. The molecule has 4 nitrogen and oxygen atoms in total. The van der Waals surface area contributed by atoms with Crippen molar-refractivity contribution in [1.82, 2.24) is 10.0 Å². The number of nitrogens with one attached hydrogen (secondary N) is 2. The van der Waals surface area contributed by atoms with Gasteiger partial charge in [-0.2, -0.15) is 0 Å². The molecule has 0 aliphatic carbocycles. The third kappa shape index (κ3) is 3.50. The van der Waals surface area contributed by atoms with Gasteiger partial charge in [-0.25, -0.2) is 21.9 Å². The van der Waals surface area contributed by atoms with E-state index >= 15 is 0 Å². The summed E-state index contributed by atoms with van der Waals surface area (Å²) in [6, 6.07) is 1.53. The molecule has 1 fully saturated rings. The Hall–Kier alpha value is -0.570. The molecule has 0 saturated carbocycles. The van der Waals surface area contributed by atoms with Crippen LogP contribution in [-0.2, 0) is 10.0 Å². The van der Waals surface area contributed by atoms with Gasteiger partial charge in [-0.1, -0.05) is 0 Å². The molecular weight excluding hydrogens is 342 g/mol. The highest BCUT2D eigenvalue weighted by Gasteiger charge is 2.23. The lowest BCUT2D eigenvalue weighted by Crippen LogP contribution is -2.37. The SMILES string of the molecule is O=S(=O)(NCC1CCCN1)c1cc(Br)c(F)cc1F. The predicted molar refractivity (Wildman–Crippen MR) is 70.3 cm³/mol. The van der Waals surface area contributed by atoms with Gasteiger partial charge in [0, 0.05) is 18.7 Å². The van der Waals surface area contributed by atoms with Crippen LogP contribution in [0.15, 0.2) is 21.5 Å². The highest BCUT2D eigenvalue weighted by atomic mass is 79.9. The van der Waals surface area contributed by atoms with Crippen molar-refractivity contribution in [3.8, 4) is 0 Å². The normalized spacial score (nSPS) is 19.8. The molecule has 1 atom stereocenters. The van der Waals surface area contributed by atoms with Crippen molar-refractivity contribution in [3.05, 3.63) is 28.2 Å². The summed E-state index contributed by atoms with van der Waals surface area (Å²) >= 11 is 2.84. The van der Waals surface area contributed by atoms with Crippen LogP contribution in [0.1, 0.15) is 12.8 Å². The minimum atomic E-state index is -3.98. The van der Waals surface area contributed by atoms with Crippen molar-refractivity contribution in [1.29, 1.82) is 0 Å². The van der Waals surface area contributed by atoms with Gasteiger partial charge in [0.15, 0.2) is 0 Å². The Kier molecular flexibility index (Phi) is 4.54. The van der Waals surface area contributed by atoms with Crippen LogP contribution in [0.2, 0.25) is 0 Å². The fourth-order valence-electron chi connectivity index (χ4n) is 1.93. The second-order valence-electron chi connectivity index (χ2n) is 4.34. The van der Waals surface area contributed by atoms with E-state index in [0.717, 1.165) is 25.5 Å². The van der Waals surface area contributed by atoms with Crippen LogP contribution in [0.4, 0.5) is 8.78 Å². The Morgan fingerprint density at radius 1 is 1.37 bits per heavy atom. The highest BCUT2D eigenvalue weighted by molar-refractivity contribution is 9.10. The molecule has 8 heteroatoms. The average Bonchev–Trinajstić information content (AvgIpc) is 2.84. The van der Waals surface area contributed by atoms with Crippen molar-refractivity contribution in [2.24, 2.45) is 0 Å². The average molecular weight is 355 g/mol. The van der Waals surface area contributed by atoms with E-state index < -0.39 is 26.6 Å². The maximum atomic E-state index is 13.5. The molecule has 1 aromatic carbocycles. The molecule has 106 valence electrons. The molecule has 1 aliphatic rings. The van der Waals surface area contributed by atoms with Crippen LogP contribution in [0, 0.1) is 11.6 Å². The van der Waals surface area contributed by atoms with Gasteiger partial charge in [-0.15, -0.1) is 0 Å². The van der Waals surface area contributed by atoms with E-state index in [1.165, 1.54) is 0 Å². The van der Waals surface area contributed by atoms with Gasteiger partial charge in [-0.3, -0.25) is 0 Å². The van der Waals surface area contributed by atoms with Crippen molar-refractivity contribution in [3.63, 3.8) is 0 Å². The van der Waals surface area contributed by atoms with Gasteiger partial charge >= 0.3 is 0 Å². The summed E-state index contributed by atoms with van der Waals surface area (Å²) in [7, 11) is -3.98. The Bertz CT molecular complexity index is 574. The molecule has 0 aromatic heterocycles. The molecule has 2 N–H and O–H groups in total. The van der Waals surface area contributed by atoms with E-state index in [9.17, 15) is 17.2 Å². The van der Waals surface area contributed by atoms with E-state index in [2.05, 4.69) is 26.0 Å². The zero-order valence-corrected chi connectivity index (χ0v) is 12.3. The van der Waals surface area contributed by atoms with Crippen molar-refractivity contribution >= 4 is 26.0 Å². The molecule has 0 amide bonds. The first kappa shape index (κ1) is 14.8. The van der Waals surface area contributed by atoms with Gasteiger partial charge < -0.3 is 5.32 Å². The Balaban J connectivity index is 2.16. The van der Waals surface area contributed by atoms with Gasteiger partial charge in [-0.05, 0) is 41.4 Å². The fraction of sp³-hybridized carbons (Fsp3) is 0.455. The number of hydrogen-bond donors (Lipinski definition) is 2. The lowest BCUT2D eigenvalue weighted by atomic mass is 10.2. The van der Waals surface area contributed by atoms with E-state index in [1.807, 2.05) is 0 Å². The number of sulfonamides is 1. The number of hydrogen-bond acceptors (Lipinski definition) is 3. The van der Waals surface area contributed by atoms with Crippen LogP contribution < -0.4 is 10.0 Å². The first-order chi connectivity index (χ1) is 8.90. The molecule has 1 aliphatic heterocycles. The lowest BCUT2D eigenvalue weighted by molar-refractivity contribution is 0.530. The van der Waals surface area contributed by atoms with Crippen LogP contribution in [0.3, 0.4) is 0 Å². The molecule has 0 spiro atoms. The zero-order valence-electron chi connectivity index (χ0n) is 9.92. The third-order valence-electron chi connectivity index (χ3n) is 2.95. The van der Waals surface area contributed by atoms with Gasteiger partial charge in [0.25, 0.3) is 0 Å². The highest BCUT2D eigenvalue weighted by Crippen LogP contribution is 2.23. The second kappa shape index (κ2) is 5.82. The number of rotatable bonds is 4. The quantitative estimate of drug-likeness (QED) is 0.810. The van der Waals surface area contributed by atoms with Crippen molar-refractivity contribution < 1.29 is 17.2 Å². The zero-order chi connectivity index (χ0) is 14.0. The molecular formula is C11H13BrF2N2O2S. The van der Waals surface area contributed by atoms with Crippen LogP contribution in [-0.4, -0.2) is 27.5 Å². The Morgan fingerprint density at radius 2 is 2.11 bits per heavy atom. The summed E-state index contributed by atoms with van der Waals surface area (Å²) in [5, 5.41) is 3.13. The Morgan fingerprint density at radius 3 is 2.74 bits per heavy atom. The van der Waals surface area contributed by atoms with E-state index in [4.69, 9.17) is 0 Å². The first-order valence-electron chi connectivity index (χ1n) is 5.78. The smallest absolute Gasteiger partial charge is 0.243 e. The molecule has 1 aromatic rings. The Labute approximate surface area is 118 Å². The predicted octanol–water partition coefficient (Wildman–Crippen LogP) is 1.76. The summed E-state index contributed by atoms with van der Waals surface area (Å²) in [5.41, 5.74) is 0. The minimum Gasteiger partial charge on any atom is -0.313 e. The lowest BCUT2D eigenvalue weighted by Gasteiger charge is -2.12. The second-order valence-corrected chi connectivity index (χ2v) is 6.93. The maximum absolute atomic E-state index is 13.5. The number of benzene rings is 1. The molecule has 1 saturated heterocycles. The van der Waals surface area contributed by atoms with E-state index in [0.29, 0.717) is 6.07 Å². The monoisotopic (exact) mass is 354 g/mol. The molecule has 0 radical (unpaired) electrons. The van der Waals surface area contributed by atoms with Crippen molar-refractivity contribution in [2.45, 2.75) is 23.8 Å². The largest absolute Gasteiger partial charge is 0.313 e. The van der Waals surface area contributed by atoms with Crippen LogP contribution in [0.25, 0.3) is 0 Å². The summed E-state index contributed by atoms with van der Waals surface area (Å²) in [6.45, 7) is 1.04. The molecule has 0 bridgehead atoms. The maximum Gasteiger partial charge on any atom is 0.243 e. The topological polar surface area (TPSA) is 58.2 Å². The van der Waals surface area contributed by atoms with Crippen LogP contribution >= 0.6 is 15.9 Å². The van der Waals surface area contributed by atoms with Gasteiger partial charge in [0.1, 0.15) is 16.5 Å². The van der Waals surface area contributed by atoms with E-state index in [1.54, 1.807) is 0 Å². The fourth-order valence-corrected chi connectivity index (χ4v) is 3.59. The van der Waals surface area contributed by atoms with Gasteiger partial charge in [0.2, 0.25) is 10.0 Å². The summed E-state index contributed by atoms with van der Waals surface area (Å²) in [5.74, 6) is -1.94. The van der Waals surface area contributed by atoms with Crippen molar-refractivity contribution in [2.75, 3.05) is 13.1 Å². The van der Waals surface area contributed by atoms with Crippen LogP contribution in [0.5, 0.6) is 0 Å². The standard InChI is InChI=1S/C11H13BrF2N2O2S/c12-8-4-11(10(14)5-9(8)13)19(17,18)16-6-7-2-1-3-15-7/h4-5,7,15-16H,1-3,6H2. The third-order valence-corrected chi connectivity index (χ3v) is 4.99. The van der Waals surface area contributed by atoms with E-state index in [-0.39, 0.29) is 17.1 Å². The molecule has 1 heterocycles. The summed E-state index contributed by atoms with van der Waals surface area (Å²) in [6.07, 6.45) is 1.86. The first-order valence-corrected chi connectivity index (χ1v) is 8.05. The summed E-state index contributed by atoms with van der Waals surface area (Å²) < 4.78 is 52.7. The summed E-state index contributed by atoms with van der Waals surface area (Å²) in [4.78, 5) is -0.557. The number of halogens is 3. The van der Waals surface area contributed by atoms with Gasteiger partial charge in [0.05, 0.1) is 4.47 Å². The molecule has 2 rings (SSSR count). The minimum absolute atomic E-state index is 0.0572. The molecule has 1 unspecified atom stereocenters.